The van der Waals surface area contributed by atoms with Crippen molar-refractivity contribution in [3.8, 4) is 0 Å². The van der Waals surface area contributed by atoms with Crippen molar-refractivity contribution in [2.24, 2.45) is 16.2 Å². The highest BCUT2D eigenvalue weighted by atomic mass is 16.7. The van der Waals surface area contributed by atoms with Crippen LogP contribution < -0.4 is 0 Å². The summed E-state index contributed by atoms with van der Waals surface area (Å²) in [7, 11) is 0. The molecule has 6 rings (SSSR count). The standard InChI is InChI=1S/C14H20O5/c1-10-6-18-14(17)9-12(5-7(15)11(10,14)2)8(19-9)3-4-13(10,12)16/h7-9,15-17H,3-6H2,1-2H3. The van der Waals surface area contributed by atoms with Gasteiger partial charge < -0.3 is 24.8 Å². The van der Waals surface area contributed by atoms with Crippen molar-refractivity contribution in [3.05, 3.63) is 0 Å². The monoisotopic (exact) mass is 268 g/mol. The van der Waals surface area contributed by atoms with Crippen molar-refractivity contribution in [1.29, 1.82) is 0 Å². The molecule has 2 saturated heterocycles. The minimum atomic E-state index is -1.47. The van der Waals surface area contributed by atoms with Crippen molar-refractivity contribution < 1.29 is 24.8 Å². The van der Waals surface area contributed by atoms with Crippen molar-refractivity contribution in [2.45, 2.75) is 62.8 Å². The zero-order valence-electron chi connectivity index (χ0n) is 11.2. The lowest BCUT2D eigenvalue weighted by Gasteiger charge is -2.77. The lowest BCUT2D eigenvalue weighted by molar-refractivity contribution is -0.475. The molecule has 0 amide bonds. The van der Waals surface area contributed by atoms with E-state index in [4.69, 9.17) is 9.47 Å². The Balaban J connectivity index is 1.88. The SMILES string of the molecule is CC12COC3(O)C4OC5CCC1(O)C54CC(O)C32C. The molecule has 2 heterocycles. The van der Waals surface area contributed by atoms with E-state index in [0.29, 0.717) is 12.8 Å². The number of aliphatic hydroxyl groups is 3. The predicted molar refractivity (Wildman–Crippen MR) is 63.0 cm³/mol. The molecule has 106 valence electrons. The van der Waals surface area contributed by atoms with Gasteiger partial charge in [0, 0.05) is 5.41 Å². The summed E-state index contributed by atoms with van der Waals surface area (Å²) in [5, 5.41) is 33.2. The number of ether oxygens (including phenoxy) is 2. The highest BCUT2D eigenvalue weighted by Crippen LogP contribution is 2.83. The van der Waals surface area contributed by atoms with Gasteiger partial charge in [-0.25, -0.2) is 0 Å². The quantitative estimate of drug-likeness (QED) is 0.566. The lowest BCUT2D eigenvalue weighted by atomic mass is 9.33. The predicted octanol–water partition coefficient (Wildman–Crippen LogP) is -0.225. The van der Waals surface area contributed by atoms with Crippen LogP contribution in [0.1, 0.15) is 33.1 Å². The fourth-order valence-electron chi connectivity index (χ4n) is 6.50. The first-order valence-corrected chi connectivity index (χ1v) is 7.20. The number of hydrogen-bond acceptors (Lipinski definition) is 5. The normalized spacial score (nSPS) is 75.9. The van der Waals surface area contributed by atoms with E-state index >= 15 is 0 Å². The first-order valence-electron chi connectivity index (χ1n) is 7.20. The van der Waals surface area contributed by atoms with Crippen LogP contribution in [0.15, 0.2) is 0 Å². The van der Waals surface area contributed by atoms with Crippen LogP contribution in [0.3, 0.4) is 0 Å². The van der Waals surface area contributed by atoms with Gasteiger partial charge in [0.25, 0.3) is 0 Å². The van der Waals surface area contributed by atoms with Crippen LogP contribution in [0, 0.1) is 16.2 Å². The molecule has 6 aliphatic rings. The first-order chi connectivity index (χ1) is 8.78. The maximum absolute atomic E-state index is 11.5. The smallest absolute Gasteiger partial charge is 0.201 e. The molecule has 4 aliphatic carbocycles. The first kappa shape index (κ1) is 11.5. The van der Waals surface area contributed by atoms with E-state index in [1.807, 2.05) is 13.8 Å². The Kier molecular flexibility index (Phi) is 1.51. The van der Waals surface area contributed by atoms with Crippen LogP contribution in [0.4, 0.5) is 0 Å². The molecule has 5 heteroatoms. The molecule has 19 heavy (non-hydrogen) atoms. The Morgan fingerprint density at radius 3 is 2.68 bits per heavy atom. The van der Waals surface area contributed by atoms with Gasteiger partial charge in [-0.05, 0) is 19.3 Å². The molecule has 1 spiro atoms. The third-order valence-corrected chi connectivity index (χ3v) is 7.82. The van der Waals surface area contributed by atoms with Gasteiger partial charge in [-0.2, -0.15) is 0 Å². The van der Waals surface area contributed by atoms with E-state index in [0.717, 1.165) is 6.42 Å². The van der Waals surface area contributed by atoms with Gasteiger partial charge >= 0.3 is 0 Å². The summed E-state index contributed by atoms with van der Waals surface area (Å²) >= 11 is 0. The molecule has 0 radical (unpaired) electrons. The fourth-order valence-corrected chi connectivity index (χ4v) is 6.50. The molecular weight excluding hydrogens is 248 g/mol. The Morgan fingerprint density at radius 1 is 1.21 bits per heavy atom. The Morgan fingerprint density at radius 2 is 1.95 bits per heavy atom. The Hall–Kier alpha value is -0.200. The highest BCUT2D eigenvalue weighted by molar-refractivity contribution is 5.40. The summed E-state index contributed by atoms with van der Waals surface area (Å²) in [5.74, 6) is -1.47. The van der Waals surface area contributed by atoms with E-state index in [1.165, 1.54) is 0 Å². The molecule has 0 aromatic carbocycles. The molecule has 8 unspecified atom stereocenters. The minimum absolute atomic E-state index is 0.0467. The molecule has 8 atom stereocenters. The maximum atomic E-state index is 11.5. The topological polar surface area (TPSA) is 79.2 Å². The third kappa shape index (κ3) is 0.664. The summed E-state index contributed by atoms with van der Waals surface area (Å²) in [6.45, 7) is 4.09. The van der Waals surface area contributed by atoms with Gasteiger partial charge in [-0.15, -0.1) is 0 Å². The van der Waals surface area contributed by atoms with Gasteiger partial charge in [-0.3, -0.25) is 0 Å². The van der Waals surface area contributed by atoms with Crippen LogP contribution in [-0.2, 0) is 9.47 Å². The number of fused-ring (bicyclic) bond motifs is 1. The summed E-state index contributed by atoms with van der Waals surface area (Å²) < 4.78 is 11.6. The minimum Gasteiger partial charge on any atom is -0.392 e. The van der Waals surface area contributed by atoms with Crippen LogP contribution >= 0.6 is 0 Å². The van der Waals surface area contributed by atoms with Gasteiger partial charge in [0.05, 0.1) is 35.2 Å². The second-order valence-electron chi connectivity index (χ2n) is 7.68. The van der Waals surface area contributed by atoms with Gasteiger partial charge in [0.15, 0.2) is 0 Å². The molecule has 0 aromatic rings. The Labute approximate surface area is 111 Å². The van der Waals surface area contributed by atoms with E-state index in [1.54, 1.807) is 0 Å². The van der Waals surface area contributed by atoms with Crippen molar-refractivity contribution in [2.75, 3.05) is 6.61 Å². The van der Waals surface area contributed by atoms with E-state index < -0.39 is 39.8 Å². The summed E-state index contributed by atoms with van der Waals surface area (Å²) in [5.41, 5.74) is -2.92. The number of aliphatic hydroxyl groups excluding tert-OH is 1. The summed E-state index contributed by atoms with van der Waals surface area (Å²) in [6, 6.07) is 0. The molecule has 6 fully saturated rings. The average molecular weight is 268 g/mol. The van der Waals surface area contributed by atoms with Gasteiger partial charge in [-0.1, -0.05) is 13.8 Å². The molecular formula is C14H20O5. The molecule has 3 N–H and O–H groups in total. The fraction of sp³-hybridized carbons (Fsp3) is 1.00. The largest absolute Gasteiger partial charge is 0.392 e. The highest BCUT2D eigenvalue weighted by Gasteiger charge is 2.95. The molecule has 0 aromatic heterocycles. The zero-order valence-corrected chi connectivity index (χ0v) is 11.2. The van der Waals surface area contributed by atoms with Crippen molar-refractivity contribution >= 4 is 0 Å². The van der Waals surface area contributed by atoms with E-state index in [-0.39, 0.29) is 12.7 Å². The van der Waals surface area contributed by atoms with E-state index in [2.05, 4.69) is 0 Å². The van der Waals surface area contributed by atoms with Crippen LogP contribution in [0.2, 0.25) is 0 Å². The molecule has 4 saturated carbocycles. The lowest BCUT2D eigenvalue weighted by Crippen LogP contribution is -2.89. The van der Waals surface area contributed by atoms with Crippen LogP contribution in [-0.4, -0.2) is 51.6 Å². The molecule has 4 bridgehead atoms. The van der Waals surface area contributed by atoms with E-state index in [9.17, 15) is 15.3 Å². The second kappa shape index (κ2) is 2.50. The van der Waals surface area contributed by atoms with Crippen molar-refractivity contribution in [3.63, 3.8) is 0 Å². The summed E-state index contributed by atoms with van der Waals surface area (Å²) in [6.07, 6.45) is 0.784. The number of rotatable bonds is 0. The van der Waals surface area contributed by atoms with Gasteiger partial charge in [0.2, 0.25) is 5.79 Å². The molecule has 5 nitrogen and oxygen atoms in total. The number of hydrogen-bond donors (Lipinski definition) is 3. The average Bonchev–Trinajstić information content (AvgIpc) is 2.67. The Bertz CT molecular complexity index is 506. The van der Waals surface area contributed by atoms with Crippen LogP contribution in [0.5, 0.6) is 0 Å². The van der Waals surface area contributed by atoms with Crippen molar-refractivity contribution in [1.82, 2.24) is 0 Å². The zero-order chi connectivity index (χ0) is 13.5. The van der Waals surface area contributed by atoms with Gasteiger partial charge in [0.1, 0.15) is 6.10 Å². The molecule has 2 aliphatic heterocycles. The summed E-state index contributed by atoms with van der Waals surface area (Å²) in [4.78, 5) is 0. The maximum Gasteiger partial charge on any atom is 0.201 e. The third-order valence-electron chi connectivity index (χ3n) is 7.82. The second-order valence-corrected chi connectivity index (χ2v) is 7.68. The van der Waals surface area contributed by atoms with Crippen LogP contribution in [0.25, 0.3) is 0 Å².